The summed E-state index contributed by atoms with van der Waals surface area (Å²) in [6, 6.07) is 0.684. The molecule has 1 spiro atoms. The van der Waals surface area contributed by atoms with Crippen molar-refractivity contribution in [2.45, 2.75) is 82.6 Å². The quantitative estimate of drug-likeness (QED) is 0.760. The fourth-order valence-electron chi connectivity index (χ4n) is 3.76. The molecule has 1 aliphatic carbocycles. The first-order chi connectivity index (χ1) is 9.65. The molecule has 1 N–H and O–H groups in total. The summed E-state index contributed by atoms with van der Waals surface area (Å²) >= 11 is 2.11. The molecule has 1 heterocycles. The Morgan fingerprint density at radius 1 is 1.30 bits per heavy atom. The van der Waals surface area contributed by atoms with Gasteiger partial charge in [-0.05, 0) is 49.8 Å². The van der Waals surface area contributed by atoms with Gasteiger partial charge in [-0.2, -0.15) is 11.8 Å². The number of ether oxygens (including phenoxy) is 1. The molecule has 0 radical (unpaired) electrons. The van der Waals surface area contributed by atoms with Crippen molar-refractivity contribution in [2.24, 2.45) is 5.92 Å². The van der Waals surface area contributed by atoms with Crippen LogP contribution in [0.15, 0.2) is 0 Å². The standard InChI is InChI=1S/C17H33NOS/c1-4-10-18-16(13-20-14(2)3)15-7-11-19-17(12-15)8-5-6-9-17/h14-16,18H,4-13H2,1-3H3. The van der Waals surface area contributed by atoms with Gasteiger partial charge in [0.2, 0.25) is 0 Å². The number of hydrogen-bond acceptors (Lipinski definition) is 3. The van der Waals surface area contributed by atoms with Crippen LogP contribution in [0.1, 0.15) is 65.7 Å². The molecule has 2 unspecified atom stereocenters. The highest BCUT2D eigenvalue weighted by Gasteiger charge is 2.41. The summed E-state index contributed by atoms with van der Waals surface area (Å²) in [6.45, 7) is 9.03. The first-order valence-corrected chi connectivity index (χ1v) is 9.69. The largest absolute Gasteiger partial charge is 0.375 e. The summed E-state index contributed by atoms with van der Waals surface area (Å²) in [5.41, 5.74) is 0.261. The zero-order chi connectivity index (χ0) is 14.4. The molecule has 1 saturated heterocycles. The average Bonchev–Trinajstić information content (AvgIpc) is 2.86. The maximum atomic E-state index is 6.20. The van der Waals surface area contributed by atoms with Crippen molar-refractivity contribution in [3.63, 3.8) is 0 Å². The third kappa shape index (κ3) is 4.64. The second kappa shape index (κ2) is 8.05. The molecule has 0 aromatic carbocycles. The van der Waals surface area contributed by atoms with Crippen molar-refractivity contribution >= 4 is 11.8 Å². The topological polar surface area (TPSA) is 21.3 Å². The fourth-order valence-corrected chi connectivity index (χ4v) is 4.75. The van der Waals surface area contributed by atoms with E-state index in [1.165, 1.54) is 50.7 Å². The van der Waals surface area contributed by atoms with Crippen molar-refractivity contribution in [2.75, 3.05) is 18.9 Å². The van der Waals surface area contributed by atoms with Crippen molar-refractivity contribution in [3.8, 4) is 0 Å². The van der Waals surface area contributed by atoms with Gasteiger partial charge in [0.25, 0.3) is 0 Å². The lowest BCUT2D eigenvalue weighted by atomic mass is 9.81. The maximum absolute atomic E-state index is 6.20. The van der Waals surface area contributed by atoms with Gasteiger partial charge in [0.1, 0.15) is 0 Å². The van der Waals surface area contributed by atoms with E-state index in [9.17, 15) is 0 Å². The van der Waals surface area contributed by atoms with E-state index in [2.05, 4.69) is 37.8 Å². The Morgan fingerprint density at radius 2 is 2.05 bits per heavy atom. The number of thioether (sulfide) groups is 1. The van der Waals surface area contributed by atoms with E-state index < -0.39 is 0 Å². The Morgan fingerprint density at radius 3 is 2.70 bits per heavy atom. The SMILES string of the molecule is CCCNC(CSC(C)C)C1CCOC2(CCCC2)C1. The van der Waals surface area contributed by atoms with Crippen LogP contribution in [-0.4, -0.2) is 35.8 Å². The number of rotatable bonds is 7. The van der Waals surface area contributed by atoms with E-state index in [4.69, 9.17) is 4.74 Å². The molecule has 1 aliphatic heterocycles. The van der Waals surface area contributed by atoms with Gasteiger partial charge in [-0.3, -0.25) is 0 Å². The predicted octanol–water partition coefficient (Wildman–Crippen LogP) is 4.24. The van der Waals surface area contributed by atoms with Gasteiger partial charge in [0, 0.05) is 18.4 Å². The number of hydrogen-bond donors (Lipinski definition) is 1. The molecule has 1 saturated carbocycles. The summed E-state index contributed by atoms with van der Waals surface area (Å²) < 4.78 is 6.20. The minimum Gasteiger partial charge on any atom is -0.375 e. The second-order valence-corrected chi connectivity index (χ2v) is 8.54. The first kappa shape index (κ1) is 16.6. The second-order valence-electron chi connectivity index (χ2n) is 6.93. The van der Waals surface area contributed by atoms with Crippen molar-refractivity contribution in [1.29, 1.82) is 0 Å². The predicted molar refractivity (Wildman–Crippen MR) is 89.6 cm³/mol. The third-order valence-corrected chi connectivity index (χ3v) is 6.10. The molecule has 2 rings (SSSR count). The van der Waals surface area contributed by atoms with Gasteiger partial charge < -0.3 is 10.1 Å². The van der Waals surface area contributed by atoms with Gasteiger partial charge in [0.15, 0.2) is 0 Å². The van der Waals surface area contributed by atoms with E-state index in [0.717, 1.165) is 24.3 Å². The highest BCUT2D eigenvalue weighted by atomic mass is 32.2. The van der Waals surface area contributed by atoms with Gasteiger partial charge in [-0.25, -0.2) is 0 Å². The van der Waals surface area contributed by atoms with Gasteiger partial charge in [-0.15, -0.1) is 0 Å². The molecule has 3 heteroatoms. The van der Waals surface area contributed by atoms with Crippen LogP contribution in [-0.2, 0) is 4.74 Å². The highest BCUT2D eigenvalue weighted by molar-refractivity contribution is 7.99. The zero-order valence-corrected chi connectivity index (χ0v) is 14.4. The van der Waals surface area contributed by atoms with Crippen LogP contribution in [0.4, 0.5) is 0 Å². The lowest BCUT2D eigenvalue weighted by molar-refractivity contribution is -0.0967. The first-order valence-electron chi connectivity index (χ1n) is 8.64. The van der Waals surface area contributed by atoms with E-state index in [1.807, 2.05) is 0 Å². The molecule has 2 fully saturated rings. The molecule has 0 bridgehead atoms. The molecule has 0 amide bonds. The van der Waals surface area contributed by atoms with Crippen LogP contribution in [0, 0.1) is 5.92 Å². The molecular weight excluding hydrogens is 266 g/mol. The Kier molecular flexibility index (Phi) is 6.70. The Labute approximate surface area is 129 Å². The van der Waals surface area contributed by atoms with Crippen LogP contribution >= 0.6 is 11.8 Å². The summed E-state index contributed by atoms with van der Waals surface area (Å²) in [7, 11) is 0. The van der Waals surface area contributed by atoms with E-state index in [0.29, 0.717) is 6.04 Å². The van der Waals surface area contributed by atoms with Crippen LogP contribution in [0.2, 0.25) is 0 Å². The van der Waals surface area contributed by atoms with Crippen molar-refractivity contribution in [3.05, 3.63) is 0 Å². The maximum Gasteiger partial charge on any atom is 0.0685 e. The van der Waals surface area contributed by atoms with Gasteiger partial charge in [0.05, 0.1) is 5.60 Å². The Hall–Kier alpha value is 0.270. The minimum atomic E-state index is 0.261. The lowest BCUT2D eigenvalue weighted by Gasteiger charge is -2.41. The summed E-state index contributed by atoms with van der Waals surface area (Å²) in [5, 5.41) is 4.56. The Bertz CT molecular complexity index is 276. The molecule has 2 atom stereocenters. The summed E-state index contributed by atoms with van der Waals surface area (Å²) in [4.78, 5) is 0. The lowest BCUT2D eigenvalue weighted by Crippen LogP contribution is -2.47. The van der Waals surface area contributed by atoms with Crippen molar-refractivity contribution in [1.82, 2.24) is 5.32 Å². The molecule has 118 valence electrons. The number of nitrogens with one attached hydrogen (secondary N) is 1. The Balaban J connectivity index is 1.91. The monoisotopic (exact) mass is 299 g/mol. The van der Waals surface area contributed by atoms with Crippen LogP contribution in [0.25, 0.3) is 0 Å². The highest BCUT2D eigenvalue weighted by Crippen LogP contribution is 2.43. The fraction of sp³-hybridized carbons (Fsp3) is 1.00. The molecule has 2 aliphatic rings. The average molecular weight is 300 g/mol. The van der Waals surface area contributed by atoms with Crippen LogP contribution in [0.5, 0.6) is 0 Å². The molecular formula is C17H33NOS. The molecule has 0 aromatic heterocycles. The van der Waals surface area contributed by atoms with Crippen molar-refractivity contribution < 1.29 is 4.74 Å². The van der Waals surface area contributed by atoms with Gasteiger partial charge >= 0.3 is 0 Å². The van der Waals surface area contributed by atoms with Crippen LogP contribution in [0.3, 0.4) is 0 Å². The normalized spacial score (nSPS) is 27.3. The molecule has 2 nitrogen and oxygen atoms in total. The zero-order valence-electron chi connectivity index (χ0n) is 13.6. The summed E-state index contributed by atoms with van der Waals surface area (Å²) in [6.07, 6.45) is 9.15. The molecule has 20 heavy (non-hydrogen) atoms. The van der Waals surface area contributed by atoms with E-state index >= 15 is 0 Å². The van der Waals surface area contributed by atoms with E-state index in [1.54, 1.807) is 0 Å². The summed E-state index contributed by atoms with van der Waals surface area (Å²) in [5.74, 6) is 2.08. The van der Waals surface area contributed by atoms with E-state index in [-0.39, 0.29) is 5.60 Å². The molecule has 0 aromatic rings. The van der Waals surface area contributed by atoms with Crippen LogP contribution < -0.4 is 5.32 Å². The smallest absolute Gasteiger partial charge is 0.0685 e. The third-order valence-electron chi connectivity index (χ3n) is 4.88. The van der Waals surface area contributed by atoms with Gasteiger partial charge in [-0.1, -0.05) is 33.6 Å². The minimum absolute atomic E-state index is 0.261.